The molecule has 2 aromatic rings. The number of hydrogen-bond donors (Lipinski definition) is 0. The third-order valence-corrected chi connectivity index (χ3v) is 7.75. The first-order chi connectivity index (χ1) is 10.7. The van der Waals surface area contributed by atoms with Crippen molar-refractivity contribution >= 4 is 40.6 Å². The van der Waals surface area contributed by atoms with E-state index in [0.29, 0.717) is 15.0 Å². The summed E-state index contributed by atoms with van der Waals surface area (Å²) in [4.78, 5) is 1.49. The van der Waals surface area contributed by atoms with Gasteiger partial charge >= 0.3 is 139 Å². The first-order valence-corrected chi connectivity index (χ1v) is 10.2. The zero-order valence-corrected chi connectivity index (χ0v) is 14.6. The second kappa shape index (κ2) is 5.50. The van der Waals surface area contributed by atoms with Gasteiger partial charge < -0.3 is 0 Å². The number of rotatable bonds is 4. The van der Waals surface area contributed by atoms with E-state index < -0.39 is 16.0 Å². The van der Waals surface area contributed by atoms with Gasteiger partial charge in [-0.25, -0.2) is 0 Å². The fourth-order valence-electron chi connectivity index (χ4n) is 3.12. The van der Waals surface area contributed by atoms with Gasteiger partial charge in [0, 0.05) is 0 Å². The standard InChI is InChI=1S/C17H17NO2SSe/c19-21(20)17(9-10-17)18-11-8-13-12-15(6-7-16(13)18)22-14-4-2-1-3-5-14/h1-7,12H,8-11H2,(H,19,20)/p-1. The first-order valence-electron chi connectivity index (χ1n) is 7.42. The molecule has 2 aliphatic rings. The average molecular weight is 377 g/mol. The first kappa shape index (κ1) is 14.5. The Morgan fingerprint density at radius 2 is 1.86 bits per heavy atom. The SMILES string of the molecule is O=S([O-])C1(N2CCc3cc([Se]c4ccccc4)ccc32)CC1. The van der Waals surface area contributed by atoms with Gasteiger partial charge in [-0.15, -0.1) is 0 Å². The van der Waals surface area contributed by atoms with Gasteiger partial charge in [0.2, 0.25) is 0 Å². The Bertz CT molecular complexity index is 731. The van der Waals surface area contributed by atoms with Gasteiger partial charge in [0.25, 0.3) is 0 Å². The van der Waals surface area contributed by atoms with Crippen LogP contribution in [0.4, 0.5) is 5.69 Å². The van der Waals surface area contributed by atoms with Crippen molar-refractivity contribution in [1.29, 1.82) is 0 Å². The Morgan fingerprint density at radius 1 is 1.09 bits per heavy atom. The summed E-state index contributed by atoms with van der Waals surface area (Å²) in [6, 6.07) is 17.1. The van der Waals surface area contributed by atoms with Crippen molar-refractivity contribution in [1.82, 2.24) is 0 Å². The Kier molecular flexibility index (Phi) is 3.61. The molecule has 1 aliphatic heterocycles. The summed E-state index contributed by atoms with van der Waals surface area (Å²) in [5.41, 5.74) is 2.42. The zero-order valence-electron chi connectivity index (χ0n) is 12.0. The Labute approximate surface area is 139 Å². The van der Waals surface area contributed by atoms with E-state index in [-0.39, 0.29) is 0 Å². The minimum atomic E-state index is -2.02. The summed E-state index contributed by atoms with van der Waals surface area (Å²) in [7, 11) is 0. The Balaban J connectivity index is 1.60. The number of fused-ring (bicyclic) bond motifs is 1. The molecule has 22 heavy (non-hydrogen) atoms. The van der Waals surface area contributed by atoms with Crippen LogP contribution in [0.2, 0.25) is 0 Å². The van der Waals surface area contributed by atoms with E-state index in [1.165, 1.54) is 14.5 Å². The normalized spacial score (nSPS) is 19.8. The van der Waals surface area contributed by atoms with Gasteiger partial charge in [-0.3, -0.25) is 0 Å². The van der Waals surface area contributed by atoms with Gasteiger partial charge in [0.15, 0.2) is 0 Å². The van der Waals surface area contributed by atoms with Crippen LogP contribution in [-0.2, 0) is 17.5 Å². The molecule has 1 fully saturated rings. The summed E-state index contributed by atoms with van der Waals surface area (Å²) in [5, 5.41) is 0. The molecule has 1 unspecified atom stereocenters. The maximum absolute atomic E-state index is 11.5. The zero-order chi connectivity index (χ0) is 15.2. The third kappa shape index (κ3) is 2.42. The van der Waals surface area contributed by atoms with Crippen molar-refractivity contribution < 1.29 is 8.76 Å². The molecule has 1 atom stereocenters. The molecule has 0 amide bonds. The van der Waals surface area contributed by atoms with Crippen LogP contribution in [-0.4, -0.2) is 35.1 Å². The molecule has 114 valence electrons. The molecule has 5 heteroatoms. The van der Waals surface area contributed by atoms with Gasteiger partial charge in [-0.05, 0) is 0 Å². The molecule has 1 aliphatic carbocycles. The van der Waals surface area contributed by atoms with E-state index in [1.54, 1.807) is 0 Å². The number of benzene rings is 2. The predicted molar refractivity (Wildman–Crippen MR) is 89.8 cm³/mol. The molecular weight excluding hydrogens is 361 g/mol. The van der Waals surface area contributed by atoms with E-state index >= 15 is 0 Å². The molecule has 0 spiro atoms. The van der Waals surface area contributed by atoms with Crippen LogP contribution in [0.25, 0.3) is 0 Å². The molecule has 1 saturated carbocycles. The fraction of sp³-hybridized carbons (Fsp3) is 0.294. The average Bonchev–Trinajstić information content (AvgIpc) is 3.23. The van der Waals surface area contributed by atoms with E-state index in [0.717, 1.165) is 31.5 Å². The van der Waals surface area contributed by atoms with Crippen molar-refractivity contribution in [3.05, 3.63) is 54.1 Å². The van der Waals surface area contributed by atoms with Crippen molar-refractivity contribution in [2.75, 3.05) is 11.4 Å². The summed E-state index contributed by atoms with van der Waals surface area (Å²) in [6.45, 7) is 0.825. The Hall–Kier alpha value is -1.13. The van der Waals surface area contributed by atoms with E-state index in [1.807, 2.05) is 6.07 Å². The van der Waals surface area contributed by atoms with Crippen LogP contribution in [0, 0.1) is 0 Å². The van der Waals surface area contributed by atoms with Crippen LogP contribution < -0.4 is 13.8 Å². The number of anilines is 1. The molecule has 0 bridgehead atoms. The van der Waals surface area contributed by atoms with E-state index in [4.69, 9.17) is 0 Å². The fourth-order valence-corrected chi connectivity index (χ4v) is 5.82. The van der Waals surface area contributed by atoms with Crippen molar-refractivity contribution in [3.63, 3.8) is 0 Å². The quantitative estimate of drug-likeness (QED) is 0.592. The van der Waals surface area contributed by atoms with Crippen LogP contribution >= 0.6 is 0 Å². The molecule has 1 heterocycles. The predicted octanol–water partition coefficient (Wildman–Crippen LogP) is 1.07. The number of nitrogens with zero attached hydrogens (tertiary/aromatic N) is 1. The van der Waals surface area contributed by atoms with Crippen molar-refractivity contribution in [2.24, 2.45) is 0 Å². The summed E-state index contributed by atoms with van der Waals surface area (Å²) in [5.74, 6) is 0. The summed E-state index contributed by atoms with van der Waals surface area (Å²) < 4.78 is 25.8. The third-order valence-electron chi connectivity index (χ3n) is 4.41. The molecule has 3 nitrogen and oxygen atoms in total. The molecule has 0 N–H and O–H groups in total. The van der Waals surface area contributed by atoms with E-state index in [2.05, 4.69) is 47.4 Å². The van der Waals surface area contributed by atoms with Crippen LogP contribution in [0.15, 0.2) is 48.5 Å². The van der Waals surface area contributed by atoms with Gasteiger partial charge in [-0.1, -0.05) is 0 Å². The second-order valence-electron chi connectivity index (χ2n) is 5.79. The number of hydrogen-bond acceptors (Lipinski definition) is 3. The monoisotopic (exact) mass is 378 g/mol. The Morgan fingerprint density at radius 3 is 2.55 bits per heavy atom. The van der Waals surface area contributed by atoms with Crippen LogP contribution in [0.5, 0.6) is 0 Å². The summed E-state index contributed by atoms with van der Waals surface area (Å²) in [6.07, 6.45) is 2.48. The molecule has 0 aromatic heterocycles. The summed E-state index contributed by atoms with van der Waals surface area (Å²) >= 11 is -1.71. The molecule has 2 aromatic carbocycles. The second-order valence-corrected chi connectivity index (χ2v) is 9.42. The molecule has 0 saturated heterocycles. The molecule has 0 radical (unpaired) electrons. The van der Waals surface area contributed by atoms with Gasteiger partial charge in [0.05, 0.1) is 0 Å². The van der Waals surface area contributed by atoms with Crippen molar-refractivity contribution in [2.45, 2.75) is 24.1 Å². The minimum absolute atomic E-state index is 0.308. The van der Waals surface area contributed by atoms with Crippen molar-refractivity contribution in [3.8, 4) is 0 Å². The van der Waals surface area contributed by atoms with Gasteiger partial charge in [-0.2, -0.15) is 0 Å². The molecule has 4 rings (SSSR count). The molecular formula is C17H16NO2SSe-. The van der Waals surface area contributed by atoms with Crippen LogP contribution in [0.3, 0.4) is 0 Å². The van der Waals surface area contributed by atoms with Crippen LogP contribution in [0.1, 0.15) is 18.4 Å². The van der Waals surface area contributed by atoms with E-state index in [9.17, 15) is 8.76 Å². The maximum atomic E-state index is 11.5. The topological polar surface area (TPSA) is 43.4 Å². The van der Waals surface area contributed by atoms with Gasteiger partial charge in [0.1, 0.15) is 0 Å².